The van der Waals surface area contributed by atoms with Crippen LogP contribution in [-0.4, -0.2) is 36.0 Å². The van der Waals surface area contributed by atoms with Crippen LogP contribution in [-0.2, 0) is 6.42 Å². The van der Waals surface area contributed by atoms with Crippen molar-refractivity contribution in [2.45, 2.75) is 50.6 Å². The lowest BCUT2D eigenvalue weighted by Crippen LogP contribution is -2.51. The molecule has 3 nitrogen and oxygen atoms in total. The van der Waals surface area contributed by atoms with Crippen LogP contribution in [0.25, 0.3) is 0 Å². The molecule has 1 N–H and O–H groups in total. The monoisotopic (exact) mass is 464 g/mol. The number of hydrogen-bond donors (Lipinski definition) is 1. The van der Waals surface area contributed by atoms with E-state index >= 15 is 0 Å². The van der Waals surface area contributed by atoms with Crippen molar-refractivity contribution >= 4 is 40.7 Å². The van der Waals surface area contributed by atoms with E-state index in [1.54, 1.807) is 18.2 Å². The van der Waals surface area contributed by atoms with Gasteiger partial charge >= 0.3 is 0 Å². The summed E-state index contributed by atoms with van der Waals surface area (Å²) in [5, 5.41) is 4.92. The molecule has 6 heteroatoms. The lowest BCUT2D eigenvalue weighted by molar-refractivity contribution is 0.0862. The summed E-state index contributed by atoms with van der Waals surface area (Å²) in [5.41, 5.74) is 1.93. The van der Waals surface area contributed by atoms with Gasteiger partial charge in [-0.25, -0.2) is 0 Å². The van der Waals surface area contributed by atoms with Gasteiger partial charge in [0.05, 0.1) is 10.0 Å². The zero-order valence-corrected chi connectivity index (χ0v) is 19.2. The fourth-order valence-electron chi connectivity index (χ4n) is 4.88. The van der Waals surface area contributed by atoms with Gasteiger partial charge in [-0.2, -0.15) is 0 Å². The first-order valence-corrected chi connectivity index (χ1v) is 11.9. The first kappa shape index (κ1) is 22.0. The maximum absolute atomic E-state index is 12.7. The van der Waals surface area contributed by atoms with Crippen LogP contribution in [0.3, 0.4) is 0 Å². The minimum atomic E-state index is -0.0666. The highest BCUT2D eigenvalue weighted by Crippen LogP contribution is 2.30. The number of nitrogens with zero attached hydrogens (tertiary/aromatic N) is 1. The summed E-state index contributed by atoms with van der Waals surface area (Å²) in [7, 11) is 0. The van der Waals surface area contributed by atoms with E-state index < -0.39 is 0 Å². The second-order valence-electron chi connectivity index (χ2n) is 8.52. The van der Waals surface area contributed by atoms with Gasteiger partial charge in [0.25, 0.3) is 5.91 Å². The van der Waals surface area contributed by atoms with Crippen molar-refractivity contribution in [3.63, 3.8) is 0 Å². The normalized spacial score (nSPS) is 22.9. The average Bonchev–Trinajstić information content (AvgIpc) is 3.20. The fraction of sp³-hybridized carbons (Fsp3) is 0.458. The molecule has 2 atom stereocenters. The molecule has 0 aromatic heterocycles. The van der Waals surface area contributed by atoms with E-state index in [1.165, 1.54) is 18.4 Å². The van der Waals surface area contributed by atoms with Crippen molar-refractivity contribution in [3.8, 4) is 0 Å². The van der Waals surface area contributed by atoms with E-state index in [-0.39, 0.29) is 11.9 Å². The lowest BCUT2D eigenvalue weighted by Gasteiger charge is -2.38. The molecule has 2 aromatic rings. The minimum absolute atomic E-state index is 0.0666. The second-order valence-corrected chi connectivity index (χ2v) is 9.77. The van der Waals surface area contributed by atoms with Crippen molar-refractivity contribution in [2.75, 3.05) is 13.1 Å². The number of amides is 1. The molecule has 2 unspecified atom stereocenters. The molecule has 160 valence electrons. The van der Waals surface area contributed by atoms with Crippen LogP contribution in [0.1, 0.15) is 48.0 Å². The van der Waals surface area contributed by atoms with E-state index in [0.717, 1.165) is 43.8 Å². The Morgan fingerprint density at radius 2 is 1.67 bits per heavy atom. The SMILES string of the molecule is O=C(NC1CCCC1N1CCC(Cc2ccc(Cl)cc2)CC1)c1ccc(Cl)c(Cl)c1. The van der Waals surface area contributed by atoms with E-state index in [9.17, 15) is 4.79 Å². The topological polar surface area (TPSA) is 32.3 Å². The number of likely N-dealkylation sites (tertiary alicyclic amines) is 1. The molecule has 2 aromatic carbocycles. The molecule has 1 aliphatic heterocycles. The van der Waals surface area contributed by atoms with Gasteiger partial charge in [0.15, 0.2) is 0 Å². The molecular formula is C24H27Cl3N2O. The smallest absolute Gasteiger partial charge is 0.251 e. The third-order valence-electron chi connectivity index (χ3n) is 6.53. The number of nitrogens with one attached hydrogen (secondary N) is 1. The van der Waals surface area contributed by atoms with Crippen molar-refractivity contribution in [1.82, 2.24) is 10.2 Å². The van der Waals surface area contributed by atoms with Gasteiger partial charge in [0, 0.05) is 22.7 Å². The largest absolute Gasteiger partial charge is 0.348 e. The molecule has 1 saturated heterocycles. The summed E-state index contributed by atoms with van der Waals surface area (Å²) in [6.07, 6.45) is 6.85. The van der Waals surface area contributed by atoms with Crippen LogP contribution in [0.15, 0.2) is 42.5 Å². The van der Waals surface area contributed by atoms with Crippen molar-refractivity contribution in [3.05, 3.63) is 68.7 Å². The lowest BCUT2D eigenvalue weighted by atomic mass is 9.89. The fourth-order valence-corrected chi connectivity index (χ4v) is 5.30. The van der Waals surface area contributed by atoms with E-state index in [1.807, 2.05) is 12.1 Å². The molecular weight excluding hydrogens is 439 g/mol. The van der Waals surface area contributed by atoms with Crippen molar-refractivity contribution in [2.24, 2.45) is 5.92 Å². The van der Waals surface area contributed by atoms with Gasteiger partial charge in [0.2, 0.25) is 0 Å². The Balaban J connectivity index is 1.31. The first-order valence-electron chi connectivity index (χ1n) is 10.7. The van der Waals surface area contributed by atoms with Gasteiger partial charge in [-0.05, 0) is 93.4 Å². The van der Waals surface area contributed by atoms with E-state index in [4.69, 9.17) is 34.8 Å². The van der Waals surface area contributed by atoms with Crippen LogP contribution in [0, 0.1) is 5.92 Å². The molecule has 2 fully saturated rings. The number of hydrogen-bond acceptors (Lipinski definition) is 2. The predicted octanol–water partition coefficient (Wildman–Crippen LogP) is 6.25. The van der Waals surface area contributed by atoms with E-state index in [0.29, 0.717) is 27.6 Å². The molecule has 1 aliphatic carbocycles. The first-order chi connectivity index (χ1) is 14.5. The van der Waals surface area contributed by atoms with Crippen LogP contribution in [0.5, 0.6) is 0 Å². The highest BCUT2D eigenvalue weighted by Gasteiger charge is 2.35. The summed E-state index contributed by atoms with van der Waals surface area (Å²) in [5.74, 6) is 0.649. The Morgan fingerprint density at radius 1 is 0.933 bits per heavy atom. The summed E-state index contributed by atoms with van der Waals surface area (Å²) in [6.45, 7) is 2.20. The zero-order valence-electron chi connectivity index (χ0n) is 16.9. The highest BCUT2D eigenvalue weighted by atomic mass is 35.5. The Hall–Kier alpha value is -1.26. The maximum Gasteiger partial charge on any atom is 0.251 e. The molecule has 30 heavy (non-hydrogen) atoms. The summed E-state index contributed by atoms with van der Waals surface area (Å²) in [6, 6.07) is 13.9. The quantitative estimate of drug-likeness (QED) is 0.566. The molecule has 1 saturated carbocycles. The average molecular weight is 466 g/mol. The van der Waals surface area contributed by atoms with Crippen molar-refractivity contribution in [1.29, 1.82) is 0 Å². The Bertz CT molecular complexity index is 879. The summed E-state index contributed by atoms with van der Waals surface area (Å²) < 4.78 is 0. The zero-order chi connectivity index (χ0) is 21.1. The molecule has 1 heterocycles. The summed E-state index contributed by atoms with van der Waals surface area (Å²) >= 11 is 18.1. The van der Waals surface area contributed by atoms with Crippen LogP contribution < -0.4 is 5.32 Å². The predicted molar refractivity (Wildman–Crippen MR) is 125 cm³/mol. The van der Waals surface area contributed by atoms with Gasteiger partial charge in [-0.15, -0.1) is 0 Å². The third-order valence-corrected chi connectivity index (χ3v) is 7.52. The third kappa shape index (κ3) is 5.31. The van der Waals surface area contributed by atoms with Gasteiger partial charge < -0.3 is 5.32 Å². The van der Waals surface area contributed by atoms with Crippen LogP contribution in [0.4, 0.5) is 0 Å². The Morgan fingerprint density at radius 3 is 2.37 bits per heavy atom. The molecule has 0 radical (unpaired) electrons. The molecule has 0 spiro atoms. The molecule has 0 bridgehead atoms. The van der Waals surface area contributed by atoms with Gasteiger partial charge in [0.1, 0.15) is 0 Å². The molecule has 4 rings (SSSR count). The number of halogens is 3. The van der Waals surface area contributed by atoms with Crippen LogP contribution in [0.2, 0.25) is 15.1 Å². The number of rotatable bonds is 5. The van der Waals surface area contributed by atoms with E-state index in [2.05, 4.69) is 22.3 Å². The standard InChI is InChI=1S/C24H27Cl3N2O/c25-19-7-4-16(5-8-19)14-17-10-12-29(13-11-17)23-3-1-2-22(23)28-24(30)18-6-9-20(26)21(27)15-18/h4-9,15,17,22-23H,1-3,10-14H2,(H,28,30). The summed E-state index contributed by atoms with van der Waals surface area (Å²) in [4.78, 5) is 15.3. The number of benzene rings is 2. The highest BCUT2D eigenvalue weighted by molar-refractivity contribution is 6.42. The maximum atomic E-state index is 12.7. The second kappa shape index (κ2) is 9.91. The van der Waals surface area contributed by atoms with Gasteiger partial charge in [-0.3, -0.25) is 9.69 Å². The minimum Gasteiger partial charge on any atom is -0.348 e. The Labute approximate surface area is 193 Å². The van der Waals surface area contributed by atoms with Crippen molar-refractivity contribution < 1.29 is 4.79 Å². The number of carbonyl (C=O) groups is 1. The number of carbonyl (C=O) groups excluding carboxylic acids is 1. The molecule has 1 amide bonds. The van der Waals surface area contributed by atoms with Gasteiger partial charge in [-0.1, -0.05) is 46.9 Å². The molecule has 2 aliphatic rings. The number of piperidine rings is 1. The van der Waals surface area contributed by atoms with Crippen LogP contribution >= 0.6 is 34.8 Å². The Kier molecular flexibility index (Phi) is 7.25.